The van der Waals surface area contributed by atoms with Gasteiger partial charge in [-0.05, 0) is 25.3 Å². The number of nitrogens with zero attached hydrogens (tertiary/aromatic N) is 1. The van der Waals surface area contributed by atoms with Crippen LogP contribution >= 0.6 is 0 Å². The molecule has 0 aromatic carbocycles. The molecule has 0 spiro atoms. The molecule has 120 valence electrons. The van der Waals surface area contributed by atoms with Crippen molar-refractivity contribution in [3.05, 3.63) is 35.5 Å². The number of carbonyl (C=O) groups excluding carboxylic acids is 1. The second-order valence-electron chi connectivity index (χ2n) is 5.00. The number of hydrogen-bond donors (Lipinski definition) is 2. The van der Waals surface area contributed by atoms with Gasteiger partial charge in [-0.3, -0.25) is 10.2 Å². The summed E-state index contributed by atoms with van der Waals surface area (Å²) in [7, 11) is 0. The zero-order valence-electron chi connectivity index (χ0n) is 13.4. The molecule has 22 heavy (non-hydrogen) atoms. The van der Waals surface area contributed by atoms with E-state index in [9.17, 15) is 10.1 Å². The van der Waals surface area contributed by atoms with Crippen molar-refractivity contribution in [3.63, 3.8) is 0 Å². The Hall–Kier alpha value is -1.90. The zero-order valence-corrected chi connectivity index (χ0v) is 13.4. The van der Waals surface area contributed by atoms with Gasteiger partial charge in [-0.25, -0.2) is 5.43 Å². The van der Waals surface area contributed by atoms with Crippen LogP contribution in [0, 0.1) is 11.3 Å². The molecule has 1 atom stereocenters. The van der Waals surface area contributed by atoms with Crippen LogP contribution in [-0.2, 0) is 9.53 Å². The summed E-state index contributed by atoms with van der Waals surface area (Å²) in [6.07, 6.45) is 11.0. The summed E-state index contributed by atoms with van der Waals surface area (Å²) in [5.74, 6) is -0.215. The fraction of sp³-hybridized carbons (Fsp3) is 0.529. The summed E-state index contributed by atoms with van der Waals surface area (Å²) in [5, 5.41) is 9.35. The third-order valence-electron chi connectivity index (χ3n) is 3.31. The predicted molar refractivity (Wildman–Crippen MR) is 86.6 cm³/mol. The first kappa shape index (κ1) is 18.1. The lowest BCUT2D eigenvalue weighted by Gasteiger charge is -2.21. The van der Waals surface area contributed by atoms with Gasteiger partial charge in [-0.2, -0.15) is 5.26 Å². The third kappa shape index (κ3) is 6.25. The monoisotopic (exact) mass is 303 g/mol. The minimum absolute atomic E-state index is 0.0568. The fourth-order valence-corrected chi connectivity index (χ4v) is 2.15. The second kappa shape index (κ2) is 10.8. The molecule has 0 aromatic rings. The molecule has 1 unspecified atom stereocenters. The average Bonchev–Trinajstić information content (AvgIpc) is 2.53. The summed E-state index contributed by atoms with van der Waals surface area (Å²) in [5.41, 5.74) is 7.99. The van der Waals surface area contributed by atoms with Crippen molar-refractivity contribution >= 4 is 5.97 Å². The maximum atomic E-state index is 11.3. The Kier molecular flexibility index (Phi) is 8.89. The maximum absolute atomic E-state index is 11.3. The van der Waals surface area contributed by atoms with E-state index in [1.807, 2.05) is 24.3 Å². The molecule has 1 rings (SSSR count). The lowest BCUT2D eigenvalue weighted by Crippen LogP contribution is -2.42. The minimum Gasteiger partial charge on any atom is -0.466 e. The third-order valence-corrected chi connectivity index (χ3v) is 3.31. The van der Waals surface area contributed by atoms with Gasteiger partial charge in [0, 0.05) is 12.1 Å². The SMILES string of the molecule is CCCCC(C#N)=C1C=CC=CC1NNCCC(=O)OCC. The van der Waals surface area contributed by atoms with Crippen molar-refractivity contribution in [1.82, 2.24) is 10.9 Å². The van der Waals surface area contributed by atoms with Gasteiger partial charge in [0.2, 0.25) is 0 Å². The summed E-state index contributed by atoms with van der Waals surface area (Å²) in [4.78, 5) is 11.3. The van der Waals surface area contributed by atoms with Gasteiger partial charge in [0.1, 0.15) is 0 Å². The van der Waals surface area contributed by atoms with Gasteiger partial charge in [-0.1, -0.05) is 37.6 Å². The van der Waals surface area contributed by atoms with Crippen molar-refractivity contribution in [2.75, 3.05) is 13.2 Å². The first-order valence-corrected chi connectivity index (χ1v) is 7.84. The number of carbonyl (C=O) groups is 1. The molecule has 0 radical (unpaired) electrons. The molecular weight excluding hydrogens is 278 g/mol. The van der Waals surface area contributed by atoms with Gasteiger partial charge in [0.15, 0.2) is 0 Å². The Balaban J connectivity index is 2.54. The van der Waals surface area contributed by atoms with Crippen LogP contribution in [0.3, 0.4) is 0 Å². The van der Waals surface area contributed by atoms with Gasteiger partial charge < -0.3 is 4.74 Å². The van der Waals surface area contributed by atoms with Crippen LogP contribution in [0.15, 0.2) is 35.5 Å². The standard InChI is InChI=1S/C17H25N3O2/c1-3-5-8-14(13-18)15-9-6-7-10-16(15)20-19-12-11-17(21)22-4-2/h6-7,9-10,16,19-20H,3-5,8,11-12H2,1-2H3. The second-order valence-corrected chi connectivity index (χ2v) is 5.00. The Bertz CT molecular complexity index is 487. The lowest BCUT2D eigenvalue weighted by molar-refractivity contribution is -0.143. The van der Waals surface area contributed by atoms with E-state index in [4.69, 9.17) is 4.74 Å². The van der Waals surface area contributed by atoms with Crippen LogP contribution in [0.5, 0.6) is 0 Å². The number of unbranched alkanes of at least 4 members (excludes halogenated alkanes) is 1. The first-order chi connectivity index (χ1) is 10.7. The Morgan fingerprint density at radius 2 is 2.18 bits per heavy atom. The molecule has 5 nitrogen and oxygen atoms in total. The number of ether oxygens (including phenoxy) is 1. The molecule has 0 aliphatic heterocycles. The van der Waals surface area contributed by atoms with E-state index in [2.05, 4.69) is 23.8 Å². The molecule has 0 aromatic heterocycles. The van der Waals surface area contributed by atoms with E-state index < -0.39 is 0 Å². The van der Waals surface area contributed by atoms with Gasteiger partial charge in [0.05, 0.1) is 25.1 Å². The molecule has 2 N–H and O–H groups in total. The van der Waals surface area contributed by atoms with Crippen molar-refractivity contribution in [2.24, 2.45) is 0 Å². The van der Waals surface area contributed by atoms with Gasteiger partial charge in [-0.15, -0.1) is 0 Å². The highest BCUT2D eigenvalue weighted by molar-refractivity contribution is 5.69. The summed E-state index contributed by atoms with van der Waals surface area (Å²) >= 11 is 0. The van der Waals surface area contributed by atoms with Crippen molar-refractivity contribution in [3.8, 4) is 6.07 Å². The quantitative estimate of drug-likeness (QED) is 0.296. The molecule has 0 amide bonds. The van der Waals surface area contributed by atoms with Crippen molar-refractivity contribution in [2.45, 2.75) is 45.6 Å². The van der Waals surface area contributed by atoms with Crippen LogP contribution in [-0.4, -0.2) is 25.2 Å². The van der Waals surface area contributed by atoms with E-state index in [1.54, 1.807) is 6.92 Å². The molecule has 0 saturated carbocycles. The van der Waals surface area contributed by atoms with Gasteiger partial charge in [0.25, 0.3) is 0 Å². The van der Waals surface area contributed by atoms with E-state index in [1.165, 1.54) is 0 Å². The minimum atomic E-state index is -0.215. The Labute approximate surface area is 132 Å². The Morgan fingerprint density at radius 3 is 2.86 bits per heavy atom. The van der Waals surface area contributed by atoms with Crippen LogP contribution in [0.1, 0.15) is 39.5 Å². The molecule has 0 saturated heterocycles. The van der Waals surface area contributed by atoms with Crippen LogP contribution in [0.25, 0.3) is 0 Å². The topological polar surface area (TPSA) is 74.2 Å². The molecule has 5 heteroatoms. The smallest absolute Gasteiger partial charge is 0.307 e. The van der Waals surface area contributed by atoms with E-state index in [-0.39, 0.29) is 12.0 Å². The summed E-state index contributed by atoms with van der Waals surface area (Å²) in [6.45, 7) is 4.79. The van der Waals surface area contributed by atoms with Gasteiger partial charge >= 0.3 is 5.97 Å². The number of hydrazine groups is 1. The number of allylic oxidation sites excluding steroid dienone is 3. The normalized spacial score (nSPS) is 18.9. The molecule has 1 aliphatic carbocycles. The summed E-state index contributed by atoms with van der Waals surface area (Å²) in [6, 6.07) is 2.26. The highest BCUT2D eigenvalue weighted by Gasteiger charge is 2.15. The molecule has 0 fully saturated rings. The highest BCUT2D eigenvalue weighted by atomic mass is 16.5. The maximum Gasteiger partial charge on any atom is 0.307 e. The zero-order chi connectivity index (χ0) is 16.2. The Morgan fingerprint density at radius 1 is 1.36 bits per heavy atom. The molecule has 0 heterocycles. The average molecular weight is 303 g/mol. The first-order valence-electron chi connectivity index (χ1n) is 7.84. The highest BCUT2D eigenvalue weighted by Crippen LogP contribution is 2.19. The number of hydrogen-bond acceptors (Lipinski definition) is 5. The van der Waals surface area contributed by atoms with Crippen molar-refractivity contribution < 1.29 is 9.53 Å². The van der Waals surface area contributed by atoms with Crippen LogP contribution in [0.2, 0.25) is 0 Å². The summed E-state index contributed by atoms with van der Waals surface area (Å²) < 4.78 is 4.87. The number of esters is 1. The number of rotatable bonds is 9. The molecule has 1 aliphatic rings. The van der Waals surface area contributed by atoms with Crippen LogP contribution in [0.4, 0.5) is 0 Å². The number of nitriles is 1. The van der Waals surface area contributed by atoms with E-state index in [0.717, 1.165) is 30.4 Å². The largest absolute Gasteiger partial charge is 0.466 e. The molecular formula is C17H25N3O2. The fourth-order valence-electron chi connectivity index (χ4n) is 2.15. The molecule has 0 bridgehead atoms. The predicted octanol–water partition coefficient (Wildman–Crippen LogP) is 2.54. The van der Waals surface area contributed by atoms with Crippen LogP contribution < -0.4 is 10.9 Å². The lowest BCUT2D eigenvalue weighted by atomic mass is 9.94. The number of nitrogens with one attached hydrogen (secondary N) is 2. The van der Waals surface area contributed by atoms with E-state index in [0.29, 0.717) is 19.6 Å². The van der Waals surface area contributed by atoms with E-state index >= 15 is 0 Å². The van der Waals surface area contributed by atoms with Crippen molar-refractivity contribution in [1.29, 1.82) is 5.26 Å².